The Bertz CT molecular complexity index is 446. The van der Waals surface area contributed by atoms with Gasteiger partial charge in [-0.15, -0.1) is 11.6 Å². The summed E-state index contributed by atoms with van der Waals surface area (Å²) in [6.07, 6.45) is 7.70. The molecule has 1 saturated heterocycles. The minimum absolute atomic E-state index is 0.107. The van der Waals surface area contributed by atoms with Gasteiger partial charge in [-0.3, -0.25) is 0 Å². The first kappa shape index (κ1) is 13.2. The Labute approximate surface area is 119 Å². The van der Waals surface area contributed by atoms with Crippen LogP contribution in [0.1, 0.15) is 44.1 Å². The highest BCUT2D eigenvalue weighted by Crippen LogP contribution is 2.38. The molecule has 19 heavy (non-hydrogen) atoms. The highest BCUT2D eigenvalue weighted by Gasteiger charge is 2.34. The van der Waals surface area contributed by atoms with E-state index in [2.05, 4.69) is 4.90 Å². The summed E-state index contributed by atoms with van der Waals surface area (Å²) < 4.78 is 14.3. The van der Waals surface area contributed by atoms with E-state index >= 15 is 0 Å². The van der Waals surface area contributed by atoms with Gasteiger partial charge in [0.2, 0.25) is 0 Å². The number of anilines is 1. The van der Waals surface area contributed by atoms with Crippen LogP contribution in [0.5, 0.6) is 0 Å². The molecule has 0 N–H and O–H groups in total. The monoisotopic (exact) mass is 281 g/mol. The van der Waals surface area contributed by atoms with Crippen molar-refractivity contribution in [2.75, 3.05) is 11.4 Å². The molecule has 0 aromatic heterocycles. The molecule has 1 saturated carbocycles. The smallest absolute Gasteiger partial charge is 0.146 e. The zero-order valence-electron chi connectivity index (χ0n) is 11.2. The Morgan fingerprint density at radius 3 is 2.74 bits per heavy atom. The van der Waals surface area contributed by atoms with E-state index < -0.39 is 0 Å². The van der Waals surface area contributed by atoms with E-state index in [1.54, 1.807) is 6.07 Å². The second kappa shape index (κ2) is 5.70. The van der Waals surface area contributed by atoms with Crippen LogP contribution in [0.15, 0.2) is 18.2 Å². The average molecular weight is 282 g/mol. The molecule has 3 heteroatoms. The van der Waals surface area contributed by atoms with Crippen molar-refractivity contribution >= 4 is 17.3 Å². The van der Waals surface area contributed by atoms with Crippen molar-refractivity contribution in [3.63, 3.8) is 0 Å². The molecule has 3 rings (SSSR count). The van der Waals surface area contributed by atoms with Crippen LogP contribution in [0, 0.1) is 11.7 Å². The number of piperidine rings is 1. The van der Waals surface area contributed by atoms with Crippen LogP contribution < -0.4 is 4.90 Å². The lowest BCUT2D eigenvalue weighted by Gasteiger charge is -2.45. The van der Waals surface area contributed by atoms with Gasteiger partial charge in [-0.05, 0) is 49.3 Å². The number of benzene rings is 1. The Morgan fingerprint density at radius 2 is 1.95 bits per heavy atom. The summed E-state index contributed by atoms with van der Waals surface area (Å²) in [6, 6.07) is 6.02. The lowest BCUT2D eigenvalue weighted by Crippen LogP contribution is -2.47. The molecule has 0 bridgehead atoms. The van der Waals surface area contributed by atoms with E-state index in [0.29, 0.717) is 11.9 Å². The van der Waals surface area contributed by atoms with Gasteiger partial charge in [-0.1, -0.05) is 18.9 Å². The number of fused-ring (bicyclic) bond motifs is 1. The Kier molecular flexibility index (Phi) is 3.97. The quantitative estimate of drug-likeness (QED) is 0.709. The normalized spacial score (nSPS) is 27.2. The topological polar surface area (TPSA) is 3.24 Å². The molecule has 0 amide bonds. The molecule has 1 heterocycles. The fourth-order valence-corrected chi connectivity index (χ4v) is 3.96. The van der Waals surface area contributed by atoms with Crippen molar-refractivity contribution < 1.29 is 4.39 Å². The van der Waals surface area contributed by atoms with Crippen LogP contribution in [-0.2, 0) is 5.88 Å². The highest BCUT2D eigenvalue weighted by molar-refractivity contribution is 6.17. The maximum absolute atomic E-state index is 14.3. The molecule has 2 atom stereocenters. The van der Waals surface area contributed by atoms with E-state index in [9.17, 15) is 4.39 Å². The molecule has 1 aliphatic heterocycles. The highest BCUT2D eigenvalue weighted by atomic mass is 35.5. The van der Waals surface area contributed by atoms with Gasteiger partial charge in [-0.25, -0.2) is 4.39 Å². The standard InChI is InChI=1S/C16H21ClFN/c17-11-12-7-8-16(14(18)10-12)19-9-3-5-13-4-1-2-6-15(13)19/h7-8,10,13,15H,1-6,9,11H2. The van der Waals surface area contributed by atoms with Crippen LogP contribution in [0.25, 0.3) is 0 Å². The first-order valence-corrected chi connectivity index (χ1v) is 7.94. The summed E-state index contributed by atoms with van der Waals surface area (Å²) in [7, 11) is 0. The third-order valence-electron chi connectivity index (χ3n) is 4.72. The predicted octanol–water partition coefficient (Wildman–Crippen LogP) is 4.72. The van der Waals surface area contributed by atoms with E-state index in [1.807, 2.05) is 12.1 Å². The maximum atomic E-state index is 14.3. The van der Waals surface area contributed by atoms with E-state index in [4.69, 9.17) is 11.6 Å². The van der Waals surface area contributed by atoms with Crippen LogP contribution >= 0.6 is 11.6 Å². The molecule has 0 spiro atoms. The minimum Gasteiger partial charge on any atom is -0.366 e. The summed E-state index contributed by atoms with van der Waals surface area (Å²) in [5, 5.41) is 0. The molecular weight excluding hydrogens is 261 g/mol. The zero-order valence-corrected chi connectivity index (χ0v) is 12.0. The Hall–Kier alpha value is -0.760. The molecule has 1 aliphatic carbocycles. The summed E-state index contributed by atoms with van der Waals surface area (Å²) >= 11 is 5.77. The van der Waals surface area contributed by atoms with Crippen LogP contribution in [0.4, 0.5) is 10.1 Å². The van der Waals surface area contributed by atoms with Gasteiger partial charge in [0, 0.05) is 18.5 Å². The van der Waals surface area contributed by atoms with Gasteiger partial charge in [-0.2, -0.15) is 0 Å². The zero-order chi connectivity index (χ0) is 13.2. The van der Waals surface area contributed by atoms with E-state index in [0.717, 1.165) is 23.7 Å². The Morgan fingerprint density at radius 1 is 1.16 bits per heavy atom. The number of rotatable bonds is 2. The molecule has 104 valence electrons. The lowest BCUT2D eigenvalue weighted by molar-refractivity contribution is 0.242. The van der Waals surface area contributed by atoms with E-state index in [1.165, 1.54) is 38.5 Å². The molecule has 2 unspecified atom stereocenters. The summed E-state index contributed by atoms with van der Waals surface area (Å²) in [4.78, 5) is 2.32. The molecule has 0 radical (unpaired) electrons. The van der Waals surface area contributed by atoms with Crippen molar-refractivity contribution in [1.82, 2.24) is 0 Å². The predicted molar refractivity (Wildman–Crippen MR) is 78.3 cm³/mol. The number of nitrogens with zero attached hydrogens (tertiary/aromatic N) is 1. The van der Waals surface area contributed by atoms with Crippen LogP contribution in [0.3, 0.4) is 0 Å². The fourth-order valence-electron chi connectivity index (χ4n) is 3.79. The van der Waals surface area contributed by atoms with Gasteiger partial charge in [0.1, 0.15) is 5.82 Å². The largest absolute Gasteiger partial charge is 0.366 e. The molecule has 2 fully saturated rings. The SMILES string of the molecule is Fc1cc(CCl)ccc1N1CCCC2CCCCC21. The van der Waals surface area contributed by atoms with Crippen molar-refractivity contribution in [1.29, 1.82) is 0 Å². The summed E-state index contributed by atoms with van der Waals surface area (Å²) in [5.41, 5.74) is 1.64. The first-order valence-electron chi connectivity index (χ1n) is 7.40. The molecule has 1 aromatic carbocycles. The van der Waals surface area contributed by atoms with Gasteiger partial charge < -0.3 is 4.90 Å². The molecular formula is C16H21ClFN. The summed E-state index contributed by atoms with van der Waals surface area (Å²) in [6.45, 7) is 0.998. The van der Waals surface area contributed by atoms with Crippen LogP contribution in [-0.4, -0.2) is 12.6 Å². The van der Waals surface area contributed by atoms with Gasteiger partial charge >= 0.3 is 0 Å². The fraction of sp³-hybridized carbons (Fsp3) is 0.625. The first-order chi connectivity index (χ1) is 9.29. The minimum atomic E-state index is -0.107. The molecule has 1 nitrogen and oxygen atoms in total. The second-order valence-corrected chi connectivity index (χ2v) is 6.13. The third-order valence-corrected chi connectivity index (χ3v) is 5.03. The van der Waals surface area contributed by atoms with Crippen molar-refractivity contribution in [2.24, 2.45) is 5.92 Å². The molecule has 2 aliphatic rings. The van der Waals surface area contributed by atoms with Crippen molar-refractivity contribution in [3.8, 4) is 0 Å². The number of halogens is 2. The van der Waals surface area contributed by atoms with Gasteiger partial charge in [0.15, 0.2) is 0 Å². The van der Waals surface area contributed by atoms with Gasteiger partial charge in [0.05, 0.1) is 5.69 Å². The number of hydrogen-bond donors (Lipinski definition) is 0. The van der Waals surface area contributed by atoms with Crippen molar-refractivity contribution in [3.05, 3.63) is 29.6 Å². The Balaban J connectivity index is 1.87. The van der Waals surface area contributed by atoms with E-state index in [-0.39, 0.29) is 5.82 Å². The van der Waals surface area contributed by atoms with Gasteiger partial charge in [0.25, 0.3) is 0 Å². The third kappa shape index (κ3) is 2.60. The number of hydrogen-bond acceptors (Lipinski definition) is 1. The summed E-state index contributed by atoms with van der Waals surface area (Å²) in [5.74, 6) is 1.04. The second-order valence-electron chi connectivity index (χ2n) is 5.87. The van der Waals surface area contributed by atoms with Crippen molar-refractivity contribution in [2.45, 2.75) is 50.4 Å². The molecule has 1 aromatic rings. The number of alkyl halides is 1. The van der Waals surface area contributed by atoms with Crippen LogP contribution in [0.2, 0.25) is 0 Å². The average Bonchev–Trinajstić information content (AvgIpc) is 2.46. The lowest BCUT2D eigenvalue weighted by atomic mass is 9.78. The maximum Gasteiger partial charge on any atom is 0.146 e.